The zero-order valence-corrected chi connectivity index (χ0v) is 10.7. The van der Waals surface area contributed by atoms with E-state index in [1.165, 1.54) is 0 Å². The van der Waals surface area contributed by atoms with Gasteiger partial charge in [-0.2, -0.15) is 0 Å². The maximum atomic E-state index is 5.34. The van der Waals surface area contributed by atoms with Crippen LogP contribution in [0, 0.1) is 0 Å². The molecule has 2 heterocycles. The van der Waals surface area contributed by atoms with E-state index in [9.17, 15) is 0 Å². The summed E-state index contributed by atoms with van der Waals surface area (Å²) in [6, 6.07) is 0. The normalized spacial score (nSPS) is 25.3. The van der Waals surface area contributed by atoms with Gasteiger partial charge in [-0.1, -0.05) is 0 Å². The topological polar surface area (TPSA) is 62.0 Å². The molecule has 2 saturated heterocycles. The van der Waals surface area contributed by atoms with Crippen LogP contribution in [0.3, 0.4) is 0 Å². The largest absolute Gasteiger partial charge is 0.377 e. The van der Waals surface area contributed by atoms with Gasteiger partial charge in [-0.3, -0.25) is 0 Å². The van der Waals surface area contributed by atoms with E-state index in [1.54, 1.807) is 0 Å². The molecule has 0 aromatic heterocycles. The molecule has 0 N–H and O–H groups in total. The first-order valence-electron chi connectivity index (χ1n) is 6.49. The van der Waals surface area contributed by atoms with Crippen molar-refractivity contribution in [1.82, 2.24) is 0 Å². The lowest BCUT2D eigenvalue weighted by Crippen LogP contribution is -2.13. The maximum absolute atomic E-state index is 5.34. The summed E-state index contributed by atoms with van der Waals surface area (Å²) in [6.45, 7) is 6.66. The molecule has 18 heavy (non-hydrogen) atoms. The van der Waals surface area contributed by atoms with Crippen LogP contribution in [0.25, 0.3) is 0 Å². The molecule has 0 saturated carbocycles. The Balaban J connectivity index is 1.19. The molecule has 0 radical (unpaired) electrons. The third kappa shape index (κ3) is 7.97. The standard InChI is InChI=1S/C12H22O6/c1(13-3-5-15-7-11-9-17-11)2-14-4-6-16-8-12-10-18-12/h11-12H,1-10H2/t11-,12+. The first kappa shape index (κ1) is 14.2. The molecule has 106 valence electrons. The maximum Gasteiger partial charge on any atom is 0.104 e. The van der Waals surface area contributed by atoms with E-state index in [4.69, 9.17) is 28.4 Å². The van der Waals surface area contributed by atoms with Gasteiger partial charge >= 0.3 is 0 Å². The van der Waals surface area contributed by atoms with Crippen molar-refractivity contribution in [3.63, 3.8) is 0 Å². The van der Waals surface area contributed by atoms with E-state index in [1.807, 2.05) is 0 Å². The molecule has 0 spiro atoms. The smallest absolute Gasteiger partial charge is 0.104 e. The molecule has 2 atom stereocenters. The molecule has 0 unspecified atom stereocenters. The van der Waals surface area contributed by atoms with Gasteiger partial charge in [-0.15, -0.1) is 0 Å². The highest BCUT2D eigenvalue weighted by Crippen LogP contribution is 2.08. The SMILES string of the molecule is C(COCCOC[C@H]1CO1)OCCOC[C@@H]1CO1. The predicted octanol–water partition coefficient (Wildman–Crippen LogP) is -0.150. The molecular weight excluding hydrogens is 240 g/mol. The second-order valence-corrected chi connectivity index (χ2v) is 4.29. The van der Waals surface area contributed by atoms with Gasteiger partial charge in [0.1, 0.15) is 12.2 Å². The van der Waals surface area contributed by atoms with Crippen molar-refractivity contribution in [1.29, 1.82) is 0 Å². The minimum Gasteiger partial charge on any atom is -0.377 e. The Morgan fingerprint density at radius 1 is 0.611 bits per heavy atom. The van der Waals surface area contributed by atoms with Crippen molar-refractivity contribution in [2.75, 3.05) is 66.1 Å². The van der Waals surface area contributed by atoms with Crippen LogP contribution in [0.1, 0.15) is 0 Å². The fourth-order valence-corrected chi connectivity index (χ4v) is 1.32. The van der Waals surface area contributed by atoms with E-state index in [0.29, 0.717) is 65.1 Å². The summed E-state index contributed by atoms with van der Waals surface area (Å²) in [5.41, 5.74) is 0. The second kappa shape index (κ2) is 8.79. The summed E-state index contributed by atoms with van der Waals surface area (Å²) in [6.07, 6.45) is 0.656. The van der Waals surface area contributed by atoms with Crippen molar-refractivity contribution >= 4 is 0 Å². The first-order chi connectivity index (χ1) is 8.95. The van der Waals surface area contributed by atoms with Gasteiger partial charge in [-0.25, -0.2) is 0 Å². The van der Waals surface area contributed by atoms with Gasteiger partial charge in [-0.05, 0) is 0 Å². The van der Waals surface area contributed by atoms with Crippen LogP contribution in [-0.2, 0) is 28.4 Å². The Labute approximate surface area is 107 Å². The fraction of sp³-hybridized carbons (Fsp3) is 1.00. The first-order valence-corrected chi connectivity index (χ1v) is 6.49. The van der Waals surface area contributed by atoms with Gasteiger partial charge in [0, 0.05) is 0 Å². The van der Waals surface area contributed by atoms with Crippen molar-refractivity contribution < 1.29 is 28.4 Å². The second-order valence-electron chi connectivity index (χ2n) is 4.29. The molecule has 0 amide bonds. The minimum atomic E-state index is 0.328. The Kier molecular flexibility index (Phi) is 6.92. The Hall–Kier alpha value is -0.240. The average Bonchev–Trinajstić information content (AvgIpc) is 3.25. The molecule has 6 heteroatoms. The third-order valence-electron chi connectivity index (χ3n) is 2.53. The molecule has 0 aromatic rings. The Morgan fingerprint density at radius 2 is 0.944 bits per heavy atom. The molecule has 2 rings (SSSR count). The minimum absolute atomic E-state index is 0.328. The quantitative estimate of drug-likeness (QED) is 0.340. The Morgan fingerprint density at radius 3 is 1.28 bits per heavy atom. The summed E-state index contributed by atoms with van der Waals surface area (Å²) in [5, 5.41) is 0. The van der Waals surface area contributed by atoms with Gasteiger partial charge in [0.25, 0.3) is 0 Å². The molecular formula is C12H22O6. The predicted molar refractivity (Wildman–Crippen MR) is 62.8 cm³/mol. The lowest BCUT2D eigenvalue weighted by molar-refractivity contribution is -0.00457. The monoisotopic (exact) mass is 262 g/mol. The summed E-state index contributed by atoms with van der Waals surface area (Å²) in [5.74, 6) is 0. The zero-order chi connectivity index (χ0) is 12.5. The van der Waals surface area contributed by atoms with E-state index in [0.717, 1.165) is 13.2 Å². The summed E-state index contributed by atoms with van der Waals surface area (Å²) < 4.78 is 31.4. The number of ether oxygens (including phenoxy) is 6. The molecule has 0 aliphatic carbocycles. The van der Waals surface area contributed by atoms with Crippen LogP contribution in [0.15, 0.2) is 0 Å². The van der Waals surface area contributed by atoms with Crippen molar-refractivity contribution in [3.05, 3.63) is 0 Å². The number of rotatable bonds is 13. The highest BCUT2D eigenvalue weighted by Gasteiger charge is 2.22. The van der Waals surface area contributed by atoms with Gasteiger partial charge in [0.05, 0.1) is 66.1 Å². The van der Waals surface area contributed by atoms with Crippen LogP contribution in [0.4, 0.5) is 0 Å². The molecule has 0 aromatic carbocycles. The van der Waals surface area contributed by atoms with Crippen molar-refractivity contribution in [2.24, 2.45) is 0 Å². The fourth-order valence-electron chi connectivity index (χ4n) is 1.32. The number of hydrogen-bond donors (Lipinski definition) is 0. The van der Waals surface area contributed by atoms with Crippen LogP contribution in [0.2, 0.25) is 0 Å². The molecule has 0 bridgehead atoms. The van der Waals surface area contributed by atoms with E-state index in [2.05, 4.69) is 0 Å². The van der Waals surface area contributed by atoms with Crippen molar-refractivity contribution in [2.45, 2.75) is 12.2 Å². The number of hydrogen-bond acceptors (Lipinski definition) is 6. The average molecular weight is 262 g/mol. The summed E-state index contributed by atoms with van der Waals surface area (Å²) in [7, 11) is 0. The van der Waals surface area contributed by atoms with E-state index >= 15 is 0 Å². The Bertz CT molecular complexity index is 183. The van der Waals surface area contributed by atoms with Gasteiger partial charge in [0.2, 0.25) is 0 Å². The van der Waals surface area contributed by atoms with E-state index in [-0.39, 0.29) is 0 Å². The van der Waals surface area contributed by atoms with Gasteiger partial charge < -0.3 is 28.4 Å². The number of epoxide rings is 2. The lowest BCUT2D eigenvalue weighted by Gasteiger charge is -2.06. The highest BCUT2D eigenvalue weighted by atomic mass is 16.6. The highest BCUT2D eigenvalue weighted by molar-refractivity contribution is 4.67. The molecule has 2 aliphatic heterocycles. The summed E-state index contributed by atoms with van der Waals surface area (Å²) in [4.78, 5) is 0. The zero-order valence-electron chi connectivity index (χ0n) is 10.7. The molecule has 2 fully saturated rings. The lowest BCUT2D eigenvalue weighted by atomic mass is 10.5. The van der Waals surface area contributed by atoms with Crippen LogP contribution in [0.5, 0.6) is 0 Å². The third-order valence-corrected chi connectivity index (χ3v) is 2.53. The molecule has 6 nitrogen and oxygen atoms in total. The van der Waals surface area contributed by atoms with Crippen LogP contribution < -0.4 is 0 Å². The van der Waals surface area contributed by atoms with Crippen LogP contribution >= 0.6 is 0 Å². The van der Waals surface area contributed by atoms with Crippen LogP contribution in [-0.4, -0.2) is 78.3 Å². The molecule has 2 aliphatic rings. The van der Waals surface area contributed by atoms with E-state index < -0.39 is 0 Å². The summed E-state index contributed by atoms with van der Waals surface area (Å²) >= 11 is 0. The van der Waals surface area contributed by atoms with Crippen molar-refractivity contribution in [3.8, 4) is 0 Å². The van der Waals surface area contributed by atoms with Gasteiger partial charge in [0.15, 0.2) is 0 Å².